The standard InChI is InChI=1S/C25H34FN7/c1-6-25(2,3)33-24(27-28-29-33)23(19-11-13-20(14-12-19)30(4)5)32-17-15-31(16-18-32)22-10-8-7-9-21(22)26/h7-14,23H,6,15-18H2,1-5H3/t23-/m0/s1. The van der Waals surface area contributed by atoms with E-state index >= 15 is 0 Å². The number of halogens is 1. The second-order valence-corrected chi connectivity index (χ2v) is 9.48. The monoisotopic (exact) mass is 451 g/mol. The molecule has 0 amide bonds. The average molecular weight is 452 g/mol. The first kappa shape index (κ1) is 23.2. The summed E-state index contributed by atoms with van der Waals surface area (Å²) in [7, 11) is 4.08. The van der Waals surface area contributed by atoms with Gasteiger partial charge >= 0.3 is 0 Å². The van der Waals surface area contributed by atoms with Crippen molar-refractivity contribution in [1.82, 2.24) is 25.1 Å². The van der Waals surface area contributed by atoms with Crippen LogP contribution in [0.4, 0.5) is 15.8 Å². The van der Waals surface area contributed by atoms with Crippen molar-refractivity contribution in [2.24, 2.45) is 0 Å². The van der Waals surface area contributed by atoms with Crippen molar-refractivity contribution in [3.8, 4) is 0 Å². The molecule has 1 aliphatic heterocycles. The van der Waals surface area contributed by atoms with Crippen molar-refractivity contribution >= 4 is 11.4 Å². The van der Waals surface area contributed by atoms with E-state index in [9.17, 15) is 4.39 Å². The smallest absolute Gasteiger partial charge is 0.173 e. The fraction of sp³-hybridized carbons (Fsp3) is 0.480. The zero-order chi connectivity index (χ0) is 23.6. The summed E-state index contributed by atoms with van der Waals surface area (Å²) in [4.78, 5) is 6.63. The highest BCUT2D eigenvalue weighted by atomic mass is 19.1. The van der Waals surface area contributed by atoms with Gasteiger partial charge in [-0.3, -0.25) is 4.90 Å². The fourth-order valence-corrected chi connectivity index (χ4v) is 4.35. The summed E-state index contributed by atoms with van der Waals surface area (Å²) in [5.41, 5.74) is 2.77. The van der Waals surface area contributed by atoms with Crippen LogP contribution in [-0.2, 0) is 5.54 Å². The van der Waals surface area contributed by atoms with Gasteiger partial charge in [0.2, 0.25) is 0 Å². The summed E-state index contributed by atoms with van der Waals surface area (Å²) in [5, 5.41) is 13.0. The van der Waals surface area contributed by atoms with Gasteiger partial charge in [-0.1, -0.05) is 31.2 Å². The van der Waals surface area contributed by atoms with Gasteiger partial charge < -0.3 is 9.80 Å². The van der Waals surface area contributed by atoms with Crippen molar-refractivity contribution in [1.29, 1.82) is 0 Å². The van der Waals surface area contributed by atoms with Gasteiger partial charge in [0.25, 0.3) is 0 Å². The molecular formula is C25H34FN7. The van der Waals surface area contributed by atoms with Crippen molar-refractivity contribution < 1.29 is 4.39 Å². The molecule has 0 unspecified atom stereocenters. The highest BCUT2D eigenvalue weighted by Gasteiger charge is 2.34. The molecule has 7 nitrogen and oxygen atoms in total. The summed E-state index contributed by atoms with van der Waals surface area (Å²) < 4.78 is 16.3. The molecule has 1 aromatic heterocycles. The van der Waals surface area contributed by atoms with Crippen molar-refractivity contribution in [3.63, 3.8) is 0 Å². The van der Waals surface area contributed by atoms with Gasteiger partial charge in [-0.2, -0.15) is 0 Å². The average Bonchev–Trinajstić information content (AvgIpc) is 3.31. The van der Waals surface area contributed by atoms with E-state index in [0.717, 1.165) is 49.7 Å². The van der Waals surface area contributed by atoms with Gasteiger partial charge in [0.1, 0.15) is 5.82 Å². The van der Waals surface area contributed by atoms with E-state index in [1.807, 2.05) is 30.9 Å². The second kappa shape index (κ2) is 9.47. The molecule has 0 aliphatic carbocycles. The molecule has 0 bridgehead atoms. The number of piperazine rings is 1. The van der Waals surface area contributed by atoms with Crippen LogP contribution in [0.15, 0.2) is 48.5 Å². The minimum Gasteiger partial charge on any atom is -0.378 e. The molecule has 8 heteroatoms. The zero-order valence-electron chi connectivity index (χ0n) is 20.2. The van der Waals surface area contributed by atoms with E-state index in [-0.39, 0.29) is 17.4 Å². The Balaban J connectivity index is 1.66. The number of para-hydroxylation sites is 1. The first-order valence-electron chi connectivity index (χ1n) is 11.6. The van der Waals surface area contributed by atoms with Crippen molar-refractivity contribution in [2.75, 3.05) is 50.1 Å². The lowest BCUT2D eigenvalue weighted by atomic mass is 9.98. The topological polar surface area (TPSA) is 53.3 Å². The van der Waals surface area contributed by atoms with E-state index in [0.29, 0.717) is 5.69 Å². The molecular weight excluding hydrogens is 417 g/mol. The summed E-state index contributed by atoms with van der Waals surface area (Å²) in [5.74, 6) is 0.675. The fourth-order valence-electron chi connectivity index (χ4n) is 4.35. The zero-order valence-corrected chi connectivity index (χ0v) is 20.2. The highest BCUT2D eigenvalue weighted by Crippen LogP contribution is 2.33. The van der Waals surface area contributed by atoms with Gasteiger partial charge in [0.05, 0.1) is 17.3 Å². The van der Waals surface area contributed by atoms with Gasteiger partial charge in [-0.25, -0.2) is 9.07 Å². The van der Waals surface area contributed by atoms with E-state index in [1.54, 1.807) is 6.07 Å². The van der Waals surface area contributed by atoms with E-state index in [4.69, 9.17) is 0 Å². The van der Waals surface area contributed by atoms with E-state index in [2.05, 4.69) is 75.3 Å². The van der Waals surface area contributed by atoms with Crippen molar-refractivity contribution in [3.05, 3.63) is 65.7 Å². The third-order valence-corrected chi connectivity index (χ3v) is 6.77. The maximum absolute atomic E-state index is 14.4. The first-order chi connectivity index (χ1) is 15.8. The summed E-state index contributed by atoms with van der Waals surface area (Å²) in [6.07, 6.45) is 0.915. The summed E-state index contributed by atoms with van der Waals surface area (Å²) in [6, 6.07) is 15.5. The van der Waals surface area contributed by atoms with Crippen LogP contribution in [-0.4, -0.2) is 65.4 Å². The van der Waals surface area contributed by atoms with Crippen LogP contribution < -0.4 is 9.80 Å². The Kier molecular flexibility index (Phi) is 6.65. The molecule has 0 spiro atoms. The molecule has 0 N–H and O–H groups in total. The predicted molar refractivity (Wildman–Crippen MR) is 130 cm³/mol. The first-order valence-corrected chi connectivity index (χ1v) is 11.6. The van der Waals surface area contributed by atoms with Gasteiger partial charge in [0, 0.05) is 46.0 Å². The molecule has 1 aliphatic rings. The molecule has 1 saturated heterocycles. The van der Waals surface area contributed by atoms with Crippen LogP contribution in [0, 0.1) is 5.82 Å². The van der Waals surface area contributed by atoms with Crippen LogP contribution >= 0.6 is 0 Å². The Hall–Kier alpha value is -3.00. The largest absolute Gasteiger partial charge is 0.378 e. The van der Waals surface area contributed by atoms with Gasteiger partial charge in [-0.05, 0) is 60.5 Å². The number of rotatable bonds is 7. The highest BCUT2D eigenvalue weighted by molar-refractivity contribution is 5.49. The van der Waals surface area contributed by atoms with Crippen LogP contribution in [0.5, 0.6) is 0 Å². The molecule has 1 atom stereocenters. The lowest BCUT2D eigenvalue weighted by Crippen LogP contribution is -2.49. The molecule has 3 aromatic rings. The Bertz CT molecular complexity index is 1050. The lowest BCUT2D eigenvalue weighted by Gasteiger charge is -2.40. The third-order valence-electron chi connectivity index (χ3n) is 6.77. The molecule has 2 heterocycles. The SMILES string of the molecule is CCC(C)(C)n1nnnc1[C@H](c1ccc(N(C)C)cc1)N1CCN(c2ccccc2F)CC1. The molecule has 33 heavy (non-hydrogen) atoms. The number of hydrogen-bond acceptors (Lipinski definition) is 6. The van der Waals surface area contributed by atoms with Crippen molar-refractivity contribution in [2.45, 2.75) is 38.8 Å². The lowest BCUT2D eigenvalue weighted by molar-refractivity contribution is 0.187. The van der Waals surface area contributed by atoms with Gasteiger partial charge in [-0.15, -0.1) is 5.10 Å². The molecule has 0 radical (unpaired) electrons. The summed E-state index contributed by atoms with van der Waals surface area (Å²) >= 11 is 0. The molecule has 4 rings (SSSR count). The minimum atomic E-state index is -0.199. The quantitative estimate of drug-likeness (QED) is 0.543. The Morgan fingerprint density at radius 2 is 1.67 bits per heavy atom. The number of nitrogens with zero attached hydrogens (tertiary/aromatic N) is 7. The maximum Gasteiger partial charge on any atom is 0.173 e. The Morgan fingerprint density at radius 3 is 2.27 bits per heavy atom. The van der Waals surface area contributed by atoms with E-state index < -0.39 is 0 Å². The van der Waals surface area contributed by atoms with Crippen LogP contribution in [0.3, 0.4) is 0 Å². The number of anilines is 2. The number of tetrazole rings is 1. The minimum absolute atomic E-state index is 0.0789. The molecule has 2 aromatic carbocycles. The Morgan fingerprint density at radius 1 is 1.00 bits per heavy atom. The molecule has 0 saturated carbocycles. The molecule has 1 fully saturated rings. The maximum atomic E-state index is 14.4. The second-order valence-electron chi connectivity index (χ2n) is 9.48. The van der Waals surface area contributed by atoms with Crippen LogP contribution in [0.1, 0.15) is 44.6 Å². The van der Waals surface area contributed by atoms with E-state index in [1.165, 1.54) is 6.07 Å². The number of benzene rings is 2. The number of hydrogen-bond donors (Lipinski definition) is 0. The van der Waals surface area contributed by atoms with Crippen LogP contribution in [0.2, 0.25) is 0 Å². The number of aromatic nitrogens is 4. The third kappa shape index (κ3) is 4.71. The normalized spacial score (nSPS) is 16.1. The van der Waals surface area contributed by atoms with Gasteiger partial charge in [0.15, 0.2) is 5.82 Å². The Labute approximate surface area is 195 Å². The predicted octanol–water partition coefficient (Wildman–Crippen LogP) is 3.93. The summed E-state index contributed by atoms with van der Waals surface area (Å²) in [6.45, 7) is 9.53. The van der Waals surface area contributed by atoms with Crippen LogP contribution in [0.25, 0.3) is 0 Å². The molecule has 176 valence electrons.